The van der Waals surface area contributed by atoms with Crippen LogP contribution in [-0.2, 0) is 9.47 Å². The van der Waals surface area contributed by atoms with E-state index in [9.17, 15) is 0 Å². The molecule has 0 heterocycles. The van der Waals surface area contributed by atoms with Crippen molar-refractivity contribution in [2.75, 3.05) is 13.9 Å². The molecule has 3 saturated carbocycles. The normalized spacial score (nSPS) is 43.2. The van der Waals surface area contributed by atoms with Crippen LogP contribution in [-0.4, -0.2) is 20.0 Å². The Balaban J connectivity index is 1.45. The van der Waals surface area contributed by atoms with Crippen molar-refractivity contribution in [1.82, 2.24) is 0 Å². The number of fused-ring (bicyclic) bond motifs is 5. The van der Waals surface area contributed by atoms with Gasteiger partial charge in [0.05, 0.1) is 6.10 Å². The van der Waals surface area contributed by atoms with Crippen LogP contribution in [0.25, 0.3) is 0 Å². The van der Waals surface area contributed by atoms with Crippen molar-refractivity contribution in [2.24, 2.45) is 52.3 Å². The molecular weight excluding hydrogens is 392 g/mol. The van der Waals surface area contributed by atoms with Gasteiger partial charge in [0, 0.05) is 7.11 Å². The molecule has 2 nitrogen and oxygen atoms in total. The first-order valence-electron chi connectivity index (χ1n) is 14.0. The fourth-order valence-corrected chi connectivity index (χ4v) is 8.82. The molecule has 32 heavy (non-hydrogen) atoms. The molecule has 4 aliphatic rings. The maximum Gasteiger partial charge on any atom is 0.146 e. The fraction of sp³-hybridized carbons (Fsp3) is 0.933. The van der Waals surface area contributed by atoms with Crippen molar-refractivity contribution >= 4 is 0 Å². The summed E-state index contributed by atoms with van der Waals surface area (Å²) in [6, 6.07) is 0. The molecule has 9 atom stereocenters. The molecule has 184 valence electrons. The van der Waals surface area contributed by atoms with E-state index >= 15 is 0 Å². The average Bonchev–Trinajstić information content (AvgIpc) is 3.12. The van der Waals surface area contributed by atoms with Gasteiger partial charge < -0.3 is 9.47 Å². The van der Waals surface area contributed by atoms with Gasteiger partial charge in [0.2, 0.25) is 0 Å². The summed E-state index contributed by atoms with van der Waals surface area (Å²) in [6.07, 6.45) is 16.9. The molecule has 0 aliphatic heterocycles. The second-order valence-electron chi connectivity index (χ2n) is 13.2. The molecule has 0 amide bonds. The maximum absolute atomic E-state index is 6.00. The van der Waals surface area contributed by atoms with Gasteiger partial charge >= 0.3 is 0 Å². The third-order valence-corrected chi connectivity index (χ3v) is 11.4. The van der Waals surface area contributed by atoms with Gasteiger partial charge in [0.1, 0.15) is 6.79 Å². The quantitative estimate of drug-likeness (QED) is 0.277. The Labute approximate surface area is 199 Å². The largest absolute Gasteiger partial charge is 0.359 e. The zero-order valence-corrected chi connectivity index (χ0v) is 22.3. The Morgan fingerprint density at radius 2 is 1.66 bits per heavy atom. The van der Waals surface area contributed by atoms with E-state index in [-0.39, 0.29) is 0 Å². The molecule has 3 unspecified atom stereocenters. The number of allylic oxidation sites excluding steroid dienone is 2. The first kappa shape index (κ1) is 24.8. The van der Waals surface area contributed by atoms with Crippen LogP contribution >= 0.6 is 0 Å². The highest BCUT2D eigenvalue weighted by molar-refractivity contribution is 5.27. The third-order valence-electron chi connectivity index (χ3n) is 11.4. The van der Waals surface area contributed by atoms with Crippen molar-refractivity contribution < 1.29 is 9.47 Å². The van der Waals surface area contributed by atoms with Crippen LogP contribution in [0.15, 0.2) is 11.6 Å². The Morgan fingerprint density at radius 1 is 0.938 bits per heavy atom. The van der Waals surface area contributed by atoms with E-state index in [1.807, 2.05) is 5.57 Å². The second kappa shape index (κ2) is 9.73. The van der Waals surface area contributed by atoms with Crippen molar-refractivity contribution in [3.05, 3.63) is 11.6 Å². The lowest BCUT2D eigenvalue weighted by Crippen LogP contribution is -2.50. The highest BCUT2D eigenvalue weighted by Crippen LogP contribution is 2.67. The van der Waals surface area contributed by atoms with Gasteiger partial charge in [-0.2, -0.15) is 0 Å². The number of ether oxygens (including phenoxy) is 2. The highest BCUT2D eigenvalue weighted by Gasteiger charge is 2.58. The molecule has 0 aromatic rings. The molecule has 0 aromatic heterocycles. The van der Waals surface area contributed by atoms with E-state index in [0.29, 0.717) is 23.7 Å². The van der Waals surface area contributed by atoms with Gasteiger partial charge in [0.25, 0.3) is 0 Å². The van der Waals surface area contributed by atoms with Gasteiger partial charge in [-0.15, -0.1) is 0 Å². The van der Waals surface area contributed by atoms with E-state index in [2.05, 4.69) is 47.6 Å². The molecular formula is C30H52O2. The SMILES string of the molecule is COCO[C@H]1CC[C@@]2(C)C(CC=C3C2CC[C@@]2(C)C3CC[C@@H]2[C@H](C)CC[C@@H](C)C(C)C)C1. The summed E-state index contributed by atoms with van der Waals surface area (Å²) >= 11 is 0. The predicted octanol–water partition coefficient (Wildman–Crippen LogP) is 8.26. The topological polar surface area (TPSA) is 18.5 Å². The zero-order chi connectivity index (χ0) is 23.1. The molecule has 2 heteroatoms. The first-order chi connectivity index (χ1) is 15.2. The minimum absolute atomic E-state index is 0.404. The minimum atomic E-state index is 0.404. The molecule has 3 fully saturated rings. The standard InChI is InChI=1S/C30H52O2/c1-20(2)21(3)8-9-22(4)26-12-13-27-25-11-10-23-18-24(32-19-31-7)14-16-29(23,5)28(25)15-17-30(26,27)6/h11,20-24,26-28H,8-10,12-19H2,1-7H3/t21-,22-,23?,24+,26-,27?,28?,29+,30-/m1/s1. The molecule has 4 aliphatic carbocycles. The van der Waals surface area contributed by atoms with E-state index in [1.54, 1.807) is 7.11 Å². The molecule has 0 N–H and O–H groups in total. The fourth-order valence-electron chi connectivity index (χ4n) is 8.82. The van der Waals surface area contributed by atoms with Gasteiger partial charge in [-0.05, 0) is 104 Å². The van der Waals surface area contributed by atoms with Crippen LogP contribution in [0.3, 0.4) is 0 Å². The lowest BCUT2D eigenvalue weighted by molar-refractivity contribution is -0.116. The van der Waals surface area contributed by atoms with E-state index < -0.39 is 0 Å². The summed E-state index contributed by atoms with van der Waals surface area (Å²) in [4.78, 5) is 0. The second-order valence-corrected chi connectivity index (χ2v) is 13.2. The number of methoxy groups -OCH3 is 1. The average molecular weight is 445 g/mol. The number of hydrogen-bond donors (Lipinski definition) is 0. The molecule has 0 radical (unpaired) electrons. The zero-order valence-electron chi connectivity index (χ0n) is 22.3. The number of hydrogen-bond acceptors (Lipinski definition) is 2. The Kier molecular flexibility index (Phi) is 7.53. The van der Waals surface area contributed by atoms with Gasteiger partial charge in [-0.1, -0.05) is 66.0 Å². The van der Waals surface area contributed by atoms with Crippen molar-refractivity contribution in [1.29, 1.82) is 0 Å². The van der Waals surface area contributed by atoms with Crippen LogP contribution < -0.4 is 0 Å². The van der Waals surface area contributed by atoms with Gasteiger partial charge in [-0.25, -0.2) is 0 Å². The summed E-state index contributed by atoms with van der Waals surface area (Å²) in [5.74, 6) is 5.97. The summed E-state index contributed by atoms with van der Waals surface area (Å²) in [5.41, 5.74) is 2.94. The Bertz CT molecular complexity index is 668. The van der Waals surface area contributed by atoms with Crippen LogP contribution in [0, 0.1) is 52.3 Å². The Hall–Kier alpha value is -0.340. The van der Waals surface area contributed by atoms with Crippen molar-refractivity contribution in [3.8, 4) is 0 Å². The van der Waals surface area contributed by atoms with E-state index in [0.717, 1.165) is 41.4 Å². The third kappa shape index (κ3) is 4.37. The summed E-state index contributed by atoms with van der Waals surface area (Å²) in [5, 5.41) is 0. The Morgan fingerprint density at radius 3 is 2.38 bits per heavy atom. The summed E-state index contributed by atoms with van der Waals surface area (Å²) in [6.45, 7) is 15.6. The summed E-state index contributed by atoms with van der Waals surface area (Å²) in [7, 11) is 1.74. The molecule has 0 bridgehead atoms. The van der Waals surface area contributed by atoms with Crippen LogP contribution in [0.5, 0.6) is 0 Å². The van der Waals surface area contributed by atoms with Crippen LogP contribution in [0.2, 0.25) is 0 Å². The first-order valence-corrected chi connectivity index (χ1v) is 14.0. The van der Waals surface area contributed by atoms with Gasteiger partial charge in [-0.3, -0.25) is 0 Å². The highest BCUT2D eigenvalue weighted by atomic mass is 16.7. The number of rotatable bonds is 8. The van der Waals surface area contributed by atoms with Crippen molar-refractivity contribution in [2.45, 2.75) is 112 Å². The molecule has 0 aromatic carbocycles. The maximum atomic E-state index is 6.00. The molecule has 0 spiro atoms. The van der Waals surface area contributed by atoms with Crippen LogP contribution in [0.1, 0.15) is 106 Å². The summed E-state index contributed by atoms with van der Waals surface area (Å²) < 4.78 is 11.2. The van der Waals surface area contributed by atoms with E-state index in [4.69, 9.17) is 9.47 Å². The smallest absolute Gasteiger partial charge is 0.146 e. The lowest BCUT2D eigenvalue weighted by atomic mass is 9.47. The lowest BCUT2D eigenvalue weighted by Gasteiger charge is -2.58. The van der Waals surface area contributed by atoms with E-state index in [1.165, 1.54) is 64.2 Å². The van der Waals surface area contributed by atoms with Crippen LogP contribution in [0.4, 0.5) is 0 Å². The van der Waals surface area contributed by atoms with Crippen molar-refractivity contribution in [3.63, 3.8) is 0 Å². The molecule has 0 saturated heterocycles. The monoisotopic (exact) mass is 444 g/mol. The minimum Gasteiger partial charge on any atom is -0.359 e. The molecule has 4 rings (SSSR count). The van der Waals surface area contributed by atoms with Gasteiger partial charge in [0.15, 0.2) is 0 Å². The predicted molar refractivity (Wildman–Crippen MR) is 134 cm³/mol.